The Kier molecular flexibility index (Phi) is 5.77. The van der Waals surface area contributed by atoms with Crippen LogP contribution in [0.3, 0.4) is 0 Å². The number of hydrogen-bond acceptors (Lipinski definition) is 5. The van der Waals surface area contributed by atoms with Gasteiger partial charge in [0.2, 0.25) is 0 Å². The Hall–Kier alpha value is -2.70. The molecule has 0 unspecified atom stereocenters. The van der Waals surface area contributed by atoms with Crippen molar-refractivity contribution in [1.82, 2.24) is 24.6 Å². The molecular formula is C24H25N5S. The van der Waals surface area contributed by atoms with Gasteiger partial charge in [0.15, 0.2) is 5.16 Å². The third kappa shape index (κ3) is 4.40. The quantitative estimate of drug-likeness (QED) is 0.407. The number of aromatic nitrogens is 4. The van der Waals surface area contributed by atoms with Crippen molar-refractivity contribution in [2.45, 2.75) is 36.8 Å². The monoisotopic (exact) mass is 415 g/mol. The highest BCUT2D eigenvalue weighted by atomic mass is 32.2. The predicted molar refractivity (Wildman–Crippen MR) is 121 cm³/mol. The highest BCUT2D eigenvalue weighted by Gasteiger charge is 2.18. The topological polar surface area (TPSA) is 46.8 Å². The third-order valence-electron chi connectivity index (χ3n) is 5.55. The van der Waals surface area contributed by atoms with Crippen LogP contribution >= 0.6 is 11.8 Å². The molecular weight excluding hydrogens is 390 g/mol. The largest absolute Gasteiger partial charge is 0.300 e. The number of rotatable bonds is 7. The van der Waals surface area contributed by atoms with Crippen LogP contribution in [0, 0.1) is 0 Å². The van der Waals surface area contributed by atoms with Gasteiger partial charge in [-0.15, -0.1) is 10.2 Å². The van der Waals surface area contributed by atoms with Crippen LogP contribution in [0.15, 0.2) is 71.9 Å². The minimum Gasteiger partial charge on any atom is -0.300 e. The van der Waals surface area contributed by atoms with Gasteiger partial charge < -0.3 is 4.57 Å². The lowest BCUT2D eigenvalue weighted by atomic mass is 10.2. The smallest absolute Gasteiger partial charge is 0.191 e. The number of hydrogen-bond donors (Lipinski definition) is 0. The molecule has 1 saturated heterocycles. The van der Waals surface area contributed by atoms with Crippen LogP contribution in [-0.4, -0.2) is 37.7 Å². The summed E-state index contributed by atoms with van der Waals surface area (Å²) in [6, 6.07) is 23.1. The molecule has 3 heterocycles. The molecule has 1 aliphatic rings. The van der Waals surface area contributed by atoms with E-state index in [0.717, 1.165) is 54.1 Å². The van der Waals surface area contributed by atoms with Crippen molar-refractivity contribution >= 4 is 22.7 Å². The first-order valence-corrected chi connectivity index (χ1v) is 11.5. The predicted octanol–water partition coefficient (Wildman–Crippen LogP) is 4.76. The zero-order valence-electron chi connectivity index (χ0n) is 16.9. The van der Waals surface area contributed by atoms with Crippen molar-refractivity contribution < 1.29 is 0 Å². The van der Waals surface area contributed by atoms with Gasteiger partial charge >= 0.3 is 0 Å². The summed E-state index contributed by atoms with van der Waals surface area (Å²) in [7, 11) is 0. The van der Waals surface area contributed by atoms with E-state index in [1.165, 1.54) is 23.8 Å². The van der Waals surface area contributed by atoms with Gasteiger partial charge in [-0.2, -0.15) is 0 Å². The highest BCUT2D eigenvalue weighted by Crippen LogP contribution is 2.24. The maximum atomic E-state index is 4.81. The second kappa shape index (κ2) is 8.98. The third-order valence-corrected chi connectivity index (χ3v) is 6.55. The lowest BCUT2D eigenvalue weighted by Crippen LogP contribution is -2.21. The fraction of sp³-hybridized carbons (Fsp3) is 0.292. The number of para-hydroxylation sites is 1. The molecule has 0 spiro atoms. The Morgan fingerprint density at radius 1 is 0.800 bits per heavy atom. The summed E-state index contributed by atoms with van der Waals surface area (Å²) in [5, 5.41) is 11.3. The van der Waals surface area contributed by atoms with Gasteiger partial charge in [0.05, 0.1) is 24.3 Å². The Balaban J connectivity index is 1.37. The average Bonchev–Trinajstić information content (AvgIpc) is 3.44. The lowest BCUT2D eigenvalue weighted by molar-refractivity contribution is 0.316. The van der Waals surface area contributed by atoms with Crippen molar-refractivity contribution in [3.63, 3.8) is 0 Å². The Morgan fingerprint density at radius 2 is 1.60 bits per heavy atom. The molecule has 0 N–H and O–H groups in total. The van der Waals surface area contributed by atoms with E-state index < -0.39 is 0 Å². The first kappa shape index (κ1) is 19.3. The molecule has 2 aromatic carbocycles. The molecule has 0 amide bonds. The second-order valence-electron chi connectivity index (χ2n) is 7.74. The molecule has 0 aliphatic carbocycles. The van der Waals surface area contributed by atoms with Crippen LogP contribution in [0.5, 0.6) is 0 Å². The number of likely N-dealkylation sites (tertiary alicyclic amines) is 1. The average molecular weight is 416 g/mol. The van der Waals surface area contributed by atoms with E-state index >= 15 is 0 Å². The van der Waals surface area contributed by atoms with E-state index in [-0.39, 0.29) is 0 Å². The van der Waals surface area contributed by atoms with Crippen molar-refractivity contribution in [3.05, 3.63) is 83.8 Å². The molecule has 30 heavy (non-hydrogen) atoms. The fourth-order valence-electron chi connectivity index (χ4n) is 3.94. The maximum absolute atomic E-state index is 4.81. The van der Waals surface area contributed by atoms with Crippen molar-refractivity contribution in [2.75, 3.05) is 13.1 Å². The lowest BCUT2D eigenvalue weighted by Gasteiger charge is -2.16. The SMILES string of the molecule is c1ccc(Cn2c(CN3CCCC3)nnc2SCc2ccc3ccccc3n2)cc1. The summed E-state index contributed by atoms with van der Waals surface area (Å²) in [4.78, 5) is 7.28. The molecule has 152 valence electrons. The summed E-state index contributed by atoms with van der Waals surface area (Å²) in [6.45, 7) is 3.97. The fourth-order valence-corrected chi connectivity index (χ4v) is 4.80. The summed E-state index contributed by atoms with van der Waals surface area (Å²) < 4.78 is 2.28. The van der Waals surface area contributed by atoms with Crippen LogP contribution in [0.1, 0.15) is 29.9 Å². The zero-order chi connectivity index (χ0) is 20.2. The minimum absolute atomic E-state index is 0.779. The van der Waals surface area contributed by atoms with Crippen molar-refractivity contribution in [2.24, 2.45) is 0 Å². The van der Waals surface area contributed by atoms with Gasteiger partial charge in [-0.3, -0.25) is 9.88 Å². The van der Waals surface area contributed by atoms with E-state index in [2.05, 4.69) is 74.3 Å². The van der Waals surface area contributed by atoms with Gasteiger partial charge in [0.25, 0.3) is 0 Å². The maximum Gasteiger partial charge on any atom is 0.191 e. The van der Waals surface area contributed by atoms with Crippen molar-refractivity contribution in [3.8, 4) is 0 Å². The van der Waals surface area contributed by atoms with E-state index in [0.29, 0.717) is 0 Å². The van der Waals surface area contributed by atoms with Crippen LogP contribution in [0.4, 0.5) is 0 Å². The normalized spacial score (nSPS) is 14.5. The van der Waals surface area contributed by atoms with Gasteiger partial charge in [0, 0.05) is 11.1 Å². The van der Waals surface area contributed by atoms with Gasteiger partial charge in [-0.1, -0.05) is 66.4 Å². The van der Waals surface area contributed by atoms with Crippen LogP contribution in [-0.2, 0) is 18.8 Å². The first-order valence-electron chi connectivity index (χ1n) is 10.5. The number of nitrogens with zero attached hydrogens (tertiary/aromatic N) is 5. The zero-order valence-corrected chi connectivity index (χ0v) is 17.8. The standard InChI is InChI=1S/C24H25N5S/c1-2-8-19(9-3-1)16-29-23(17-28-14-6-7-15-28)26-27-24(29)30-18-21-13-12-20-10-4-5-11-22(20)25-21/h1-5,8-13H,6-7,14-18H2. The van der Waals surface area contributed by atoms with Crippen molar-refractivity contribution in [1.29, 1.82) is 0 Å². The number of thioether (sulfide) groups is 1. The van der Waals surface area contributed by atoms with Crippen LogP contribution in [0.25, 0.3) is 10.9 Å². The van der Waals surface area contributed by atoms with E-state index in [1.807, 2.05) is 12.1 Å². The highest BCUT2D eigenvalue weighted by molar-refractivity contribution is 7.98. The van der Waals surface area contributed by atoms with Gasteiger partial charge in [-0.05, 0) is 43.6 Å². The van der Waals surface area contributed by atoms with Gasteiger partial charge in [-0.25, -0.2) is 0 Å². The Morgan fingerprint density at radius 3 is 2.47 bits per heavy atom. The van der Waals surface area contributed by atoms with Gasteiger partial charge in [0.1, 0.15) is 5.82 Å². The Bertz CT molecular complexity index is 1120. The summed E-state index contributed by atoms with van der Waals surface area (Å²) in [6.07, 6.45) is 2.56. The summed E-state index contributed by atoms with van der Waals surface area (Å²) in [5.74, 6) is 1.83. The molecule has 4 aromatic rings. The molecule has 0 saturated carbocycles. The van der Waals surface area contributed by atoms with Crippen LogP contribution < -0.4 is 0 Å². The Labute approximate surface area is 181 Å². The van der Waals surface area contributed by atoms with E-state index in [4.69, 9.17) is 4.98 Å². The molecule has 0 atom stereocenters. The number of pyridine rings is 1. The number of benzene rings is 2. The molecule has 1 aliphatic heterocycles. The summed E-state index contributed by atoms with van der Waals surface area (Å²) in [5.41, 5.74) is 3.37. The summed E-state index contributed by atoms with van der Waals surface area (Å²) >= 11 is 1.72. The second-order valence-corrected chi connectivity index (χ2v) is 8.68. The molecule has 5 rings (SSSR count). The number of fused-ring (bicyclic) bond motifs is 1. The molecule has 0 bridgehead atoms. The van der Waals surface area contributed by atoms with Crippen LogP contribution in [0.2, 0.25) is 0 Å². The minimum atomic E-state index is 0.779. The van der Waals surface area contributed by atoms with E-state index in [1.54, 1.807) is 11.8 Å². The molecule has 1 fully saturated rings. The molecule has 0 radical (unpaired) electrons. The first-order chi connectivity index (χ1) is 14.8. The molecule has 2 aromatic heterocycles. The molecule has 5 nitrogen and oxygen atoms in total. The molecule has 6 heteroatoms. The van der Waals surface area contributed by atoms with E-state index in [9.17, 15) is 0 Å².